The molecule has 0 saturated carbocycles. The molecular formula is C4H9ClO. The van der Waals surface area contributed by atoms with E-state index >= 15 is 0 Å². The van der Waals surface area contributed by atoms with E-state index in [9.17, 15) is 0 Å². The van der Waals surface area contributed by atoms with Crippen LogP contribution in [0.15, 0.2) is 0 Å². The number of rotatable bonds is 2. The van der Waals surface area contributed by atoms with Crippen molar-refractivity contribution in [1.29, 1.82) is 0 Å². The van der Waals surface area contributed by atoms with Crippen LogP contribution in [0.4, 0.5) is 0 Å². The second-order valence-electron chi connectivity index (χ2n) is 1.22. The van der Waals surface area contributed by atoms with Crippen LogP contribution in [0.5, 0.6) is 0 Å². The number of hydrogen-bond donors (Lipinski definition) is 1. The van der Waals surface area contributed by atoms with E-state index < -0.39 is 5.56 Å². The molecule has 0 bridgehead atoms. The second kappa shape index (κ2) is 3.44. The molecule has 0 spiro atoms. The summed E-state index contributed by atoms with van der Waals surface area (Å²) in [6, 6.07) is 0. The molecule has 0 unspecified atom stereocenters. The van der Waals surface area contributed by atoms with E-state index in [1.165, 1.54) is 0 Å². The zero-order valence-corrected chi connectivity index (χ0v) is 4.57. The summed E-state index contributed by atoms with van der Waals surface area (Å²) in [5.41, 5.74) is -0.630. The monoisotopic (exact) mass is 108 g/mol. The third kappa shape index (κ3) is 4.25. The Labute approximate surface area is 42.9 Å². The summed E-state index contributed by atoms with van der Waals surface area (Å²) in [5, 5.41) is 8.32. The lowest BCUT2D eigenvalue weighted by atomic mass is 10.4. The van der Waals surface area contributed by atoms with E-state index in [-0.39, 0.29) is 0 Å². The van der Waals surface area contributed by atoms with E-state index in [1.54, 1.807) is 0 Å². The van der Waals surface area contributed by atoms with Gasteiger partial charge in [-0.05, 0) is 6.42 Å². The molecule has 0 aliphatic rings. The highest BCUT2D eigenvalue weighted by Crippen LogP contribution is 1.97. The fourth-order valence-corrected chi connectivity index (χ4v) is 0.456. The Morgan fingerprint density at radius 1 is 1.83 bits per heavy atom. The van der Waals surface area contributed by atoms with Crippen LogP contribution in [0.3, 0.4) is 0 Å². The minimum absolute atomic E-state index is 0.630. The van der Waals surface area contributed by atoms with Gasteiger partial charge in [0.15, 0.2) is 0 Å². The van der Waals surface area contributed by atoms with Gasteiger partial charge in [-0.3, -0.25) is 0 Å². The van der Waals surface area contributed by atoms with Gasteiger partial charge in [0, 0.05) is 0 Å². The molecule has 0 aliphatic carbocycles. The quantitative estimate of drug-likeness (QED) is 0.530. The van der Waals surface area contributed by atoms with Gasteiger partial charge < -0.3 is 5.11 Å². The molecule has 0 aromatic carbocycles. The van der Waals surface area contributed by atoms with Gasteiger partial charge in [-0.25, -0.2) is 0 Å². The lowest BCUT2D eigenvalue weighted by Gasteiger charge is -1.92. The SMILES string of the molecule is CCC[C@@H](O)Cl. The number of aliphatic hydroxyl groups excluding tert-OH is 1. The van der Waals surface area contributed by atoms with Crippen molar-refractivity contribution in [3.63, 3.8) is 0 Å². The van der Waals surface area contributed by atoms with Gasteiger partial charge in [-0.15, -0.1) is 0 Å². The molecule has 38 valence electrons. The van der Waals surface area contributed by atoms with E-state index in [1.807, 2.05) is 6.92 Å². The summed E-state index contributed by atoms with van der Waals surface area (Å²) in [5.74, 6) is 0. The first kappa shape index (κ1) is 6.25. The molecule has 1 N–H and O–H groups in total. The lowest BCUT2D eigenvalue weighted by Crippen LogP contribution is -1.91. The second-order valence-corrected chi connectivity index (χ2v) is 1.73. The molecule has 0 aromatic heterocycles. The van der Waals surface area contributed by atoms with Crippen LogP contribution in [0, 0.1) is 0 Å². The van der Waals surface area contributed by atoms with Crippen molar-refractivity contribution in [2.24, 2.45) is 0 Å². The van der Waals surface area contributed by atoms with Crippen LogP contribution in [0.25, 0.3) is 0 Å². The first-order valence-corrected chi connectivity index (χ1v) is 2.53. The Morgan fingerprint density at radius 2 is 2.33 bits per heavy atom. The van der Waals surface area contributed by atoms with Crippen molar-refractivity contribution in [1.82, 2.24) is 0 Å². The summed E-state index contributed by atoms with van der Waals surface area (Å²) in [4.78, 5) is 0. The highest BCUT2D eigenvalue weighted by atomic mass is 35.5. The standard InChI is InChI=1S/C4H9ClO/c1-2-3-4(5)6/h4,6H,2-3H2,1H3/t4-/m1/s1. The molecule has 6 heavy (non-hydrogen) atoms. The van der Waals surface area contributed by atoms with Gasteiger partial charge in [0.1, 0.15) is 5.56 Å². The van der Waals surface area contributed by atoms with Crippen molar-refractivity contribution in [3.8, 4) is 0 Å². The van der Waals surface area contributed by atoms with Gasteiger partial charge >= 0.3 is 0 Å². The zero-order chi connectivity index (χ0) is 4.99. The van der Waals surface area contributed by atoms with Crippen molar-refractivity contribution >= 4 is 11.6 Å². The van der Waals surface area contributed by atoms with Crippen LogP contribution >= 0.6 is 11.6 Å². The summed E-state index contributed by atoms with van der Waals surface area (Å²) in [6.07, 6.45) is 1.65. The van der Waals surface area contributed by atoms with Crippen LogP contribution in [0.1, 0.15) is 19.8 Å². The fraction of sp³-hybridized carbons (Fsp3) is 1.00. The molecule has 0 radical (unpaired) electrons. The third-order valence-corrected chi connectivity index (χ3v) is 0.745. The molecule has 0 saturated heterocycles. The van der Waals surface area contributed by atoms with Crippen LogP contribution < -0.4 is 0 Å². The highest BCUT2D eigenvalue weighted by molar-refractivity contribution is 6.19. The van der Waals surface area contributed by atoms with E-state index in [0.29, 0.717) is 6.42 Å². The summed E-state index contributed by atoms with van der Waals surface area (Å²) in [6.45, 7) is 1.98. The number of alkyl halides is 1. The maximum atomic E-state index is 8.32. The van der Waals surface area contributed by atoms with Gasteiger partial charge in [-0.2, -0.15) is 0 Å². The van der Waals surface area contributed by atoms with Gasteiger partial charge in [0.05, 0.1) is 0 Å². The van der Waals surface area contributed by atoms with Crippen LogP contribution in [-0.2, 0) is 0 Å². The maximum Gasteiger partial charge on any atom is 0.128 e. The highest BCUT2D eigenvalue weighted by Gasteiger charge is 1.90. The maximum absolute atomic E-state index is 8.32. The van der Waals surface area contributed by atoms with E-state index in [4.69, 9.17) is 16.7 Å². The van der Waals surface area contributed by atoms with Crippen molar-refractivity contribution < 1.29 is 5.11 Å². The predicted octanol–water partition coefficient (Wildman–Crippen LogP) is 1.34. The van der Waals surface area contributed by atoms with Crippen molar-refractivity contribution in [2.45, 2.75) is 25.3 Å². The molecule has 0 fully saturated rings. The van der Waals surface area contributed by atoms with Crippen LogP contribution in [-0.4, -0.2) is 10.7 Å². The molecule has 2 heteroatoms. The third-order valence-electron chi connectivity index (χ3n) is 0.527. The largest absolute Gasteiger partial charge is 0.378 e. The lowest BCUT2D eigenvalue weighted by molar-refractivity contribution is 0.244. The predicted molar refractivity (Wildman–Crippen MR) is 26.8 cm³/mol. The smallest absolute Gasteiger partial charge is 0.128 e. The van der Waals surface area contributed by atoms with E-state index in [0.717, 1.165) is 6.42 Å². The van der Waals surface area contributed by atoms with E-state index in [2.05, 4.69) is 0 Å². The number of aliphatic hydroxyl groups is 1. The van der Waals surface area contributed by atoms with Gasteiger partial charge in [-0.1, -0.05) is 24.9 Å². The molecule has 0 rings (SSSR count). The van der Waals surface area contributed by atoms with Crippen LogP contribution in [0.2, 0.25) is 0 Å². The number of hydrogen-bond acceptors (Lipinski definition) is 1. The minimum atomic E-state index is -0.630. The first-order chi connectivity index (χ1) is 2.77. The number of halogens is 1. The zero-order valence-electron chi connectivity index (χ0n) is 3.82. The normalized spacial score (nSPS) is 14.5. The Bertz CT molecular complexity index is 28.7. The average Bonchev–Trinajstić information content (AvgIpc) is 1.35. The van der Waals surface area contributed by atoms with Gasteiger partial charge in [0.25, 0.3) is 0 Å². The Kier molecular flexibility index (Phi) is 3.58. The summed E-state index contributed by atoms with van der Waals surface area (Å²) in [7, 11) is 0. The Hall–Kier alpha value is 0.250. The molecule has 1 nitrogen and oxygen atoms in total. The molecular weight excluding hydrogens is 99.5 g/mol. The average molecular weight is 109 g/mol. The summed E-state index contributed by atoms with van der Waals surface area (Å²) >= 11 is 5.13. The summed E-state index contributed by atoms with van der Waals surface area (Å²) < 4.78 is 0. The molecule has 0 amide bonds. The van der Waals surface area contributed by atoms with Gasteiger partial charge in [0.2, 0.25) is 0 Å². The Morgan fingerprint density at radius 3 is 2.33 bits per heavy atom. The molecule has 1 atom stereocenters. The van der Waals surface area contributed by atoms with Crippen molar-refractivity contribution in [3.05, 3.63) is 0 Å². The topological polar surface area (TPSA) is 20.2 Å². The fourth-order valence-electron chi connectivity index (χ4n) is 0.238. The Balaban J connectivity index is 2.63. The van der Waals surface area contributed by atoms with Crippen molar-refractivity contribution in [2.75, 3.05) is 0 Å². The minimum Gasteiger partial charge on any atom is -0.378 e. The molecule has 0 aromatic rings. The first-order valence-electron chi connectivity index (χ1n) is 2.09. The molecule has 0 aliphatic heterocycles. The molecule has 0 heterocycles.